The zero-order chi connectivity index (χ0) is 22.8. The maximum absolute atomic E-state index is 13.7. The molecule has 2 aliphatic heterocycles. The van der Waals surface area contributed by atoms with E-state index in [9.17, 15) is 9.59 Å². The van der Waals surface area contributed by atoms with Gasteiger partial charge in [0.25, 0.3) is 5.91 Å². The number of hydrogen-bond acceptors (Lipinski definition) is 5. The van der Waals surface area contributed by atoms with Gasteiger partial charge < -0.3 is 19.7 Å². The molecular formula is C26H25N3O4. The molecule has 2 amide bonds. The summed E-state index contributed by atoms with van der Waals surface area (Å²) in [6.45, 7) is 3.04. The van der Waals surface area contributed by atoms with Crippen molar-refractivity contribution in [1.82, 2.24) is 15.2 Å². The highest BCUT2D eigenvalue weighted by Crippen LogP contribution is 2.45. The Labute approximate surface area is 192 Å². The molecule has 5 rings (SSSR count). The molecule has 0 radical (unpaired) electrons. The van der Waals surface area contributed by atoms with Gasteiger partial charge in [0.2, 0.25) is 12.7 Å². The number of fused-ring (bicyclic) bond motifs is 2. The van der Waals surface area contributed by atoms with Gasteiger partial charge in [0.15, 0.2) is 11.5 Å². The number of pyridine rings is 1. The SMILES string of the molecule is CCCN1C(=O)c2ccccc2C(C(=O)NCc2ccccn2)C1c1ccc2c(c1)OCO2. The molecule has 0 fully saturated rings. The second-order valence-electron chi connectivity index (χ2n) is 8.16. The molecule has 2 atom stereocenters. The van der Waals surface area contributed by atoms with Crippen LogP contribution in [0.2, 0.25) is 0 Å². The van der Waals surface area contributed by atoms with E-state index in [1.54, 1.807) is 12.3 Å². The zero-order valence-corrected chi connectivity index (χ0v) is 18.4. The van der Waals surface area contributed by atoms with Crippen LogP contribution in [0.15, 0.2) is 66.9 Å². The van der Waals surface area contributed by atoms with Crippen molar-refractivity contribution in [3.05, 3.63) is 89.2 Å². The summed E-state index contributed by atoms with van der Waals surface area (Å²) < 4.78 is 11.1. The predicted molar refractivity (Wildman–Crippen MR) is 122 cm³/mol. The number of ether oxygens (including phenoxy) is 2. The first-order valence-corrected chi connectivity index (χ1v) is 11.1. The van der Waals surface area contributed by atoms with Crippen LogP contribution < -0.4 is 14.8 Å². The summed E-state index contributed by atoms with van der Waals surface area (Å²) in [5, 5.41) is 3.04. The van der Waals surface area contributed by atoms with Crippen LogP contribution in [0.25, 0.3) is 0 Å². The minimum atomic E-state index is -0.575. The summed E-state index contributed by atoms with van der Waals surface area (Å²) in [7, 11) is 0. The van der Waals surface area contributed by atoms with Crippen LogP contribution in [0.5, 0.6) is 11.5 Å². The lowest BCUT2D eigenvalue weighted by Gasteiger charge is -2.41. The van der Waals surface area contributed by atoms with Gasteiger partial charge in [-0.1, -0.05) is 37.3 Å². The smallest absolute Gasteiger partial charge is 0.254 e. The van der Waals surface area contributed by atoms with Gasteiger partial charge in [0.05, 0.1) is 24.2 Å². The quantitative estimate of drug-likeness (QED) is 0.627. The molecule has 0 bridgehead atoms. The van der Waals surface area contributed by atoms with Crippen molar-refractivity contribution < 1.29 is 19.1 Å². The van der Waals surface area contributed by atoms with Crippen molar-refractivity contribution in [2.24, 2.45) is 0 Å². The van der Waals surface area contributed by atoms with Crippen LogP contribution in [0.4, 0.5) is 0 Å². The number of carbonyl (C=O) groups excluding carboxylic acids is 2. The number of carbonyl (C=O) groups is 2. The molecule has 0 saturated carbocycles. The molecule has 7 nitrogen and oxygen atoms in total. The number of amides is 2. The largest absolute Gasteiger partial charge is 0.454 e. The van der Waals surface area contributed by atoms with Crippen molar-refractivity contribution >= 4 is 11.8 Å². The van der Waals surface area contributed by atoms with E-state index in [4.69, 9.17) is 9.47 Å². The summed E-state index contributed by atoms with van der Waals surface area (Å²) in [6.07, 6.45) is 2.48. The molecular weight excluding hydrogens is 418 g/mol. The van der Waals surface area contributed by atoms with Gasteiger partial charge in [-0.25, -0.2) is 0 Å². The van der Waals surface area contributed by atoms with Crippen molar-refractivity contribution in [2.45, 2.75) is 31.8 Å². The Balaban J connectivity index is 1.57. The highest BCUT2D eigenvalue weighted by Gasteiger charge is 2.44. The summed E-state index contributed by atoms with van der Waals surface area (Å²) >= 11 is 0. The van der Waals surface area contributed by atoms with E-state index < -0.39 is 12.0 Å². The molecule has 1 N–H and O–H groups in total. The Kier molecular flexibility index (Phi) is 5.69. The van der Waals surface area contributed by atoms with Gasteiger partial charge >= 0.3 is 0 Å². The molecule has 3 aromatic rings. The Morgan fingerprint density at radius 1 is 1.09 bits per heavy atom. The number of nitrogens with one attached hydrogen (secondary N) is 1. The fraction of sp³-hybridized carbons (Fsp3) is 0.269. The van der Waals surface area contributed by atoms with Gasteiger partial charge in [0.1, 0.15) is 0 Å². The fourth-order valence-electron chi connectivity index (χ4n) is 4.62. The van der Waals surface area contributed by atoms with Gasteiger partial charge in [-0.15, -0.1) is 0 Å². The molecule has 33 heavy (non-hydrogen) atoms. The van der Waals surface area contributed by atoms with Gasteiger partial charge in [0, 0.05) is 18.3 Å². The third-order valence-corrected chi connectivity index (χ3v) is 6.09. The van der Waals surface area contributed by atoms with Crippen LogP contribution >= 0.6 is 0 Å². The summed E-state index contributed by atoms with van der Waals surface area (Å²) in [5.74, 6) is 0.505. The Bertz CT molecular complexity index is 1180. The van der Waals surface area contributed by atoms with Crippen LogP contribution in [0.1, 0.15) is 52.5 Å². The van der Waals surface area contributed by atoms with Gasteiger partial charge in [-0.3, -0.25) is 14.6 Å². The highest BCUT2D eigenvalue weighted by atomic mass is 16.7. The van der Waals surface area contributed by atoms with Crippen molar-refractivity contribution in [1.29, 1.82) is 0 Å². The average Bonchev–Trinajstić information content (AvgIpc) is 3.33. The lowest BCUT2D eigenvalue weighted by atomic mass is 9.79. The number of hydrogen-bond donors (Lipinski definition) is 1. The van der Waals surface area contributed by atoms with Crippen molar-refractivity contribution in [3.63, 3.8) is 0 Å². The van der Waals surface area contributed by atoms with E-state index >= 15 is 0 Å². The molecule has 0 aliphatic carbocycles. The molecule has 2 unspecified atom stereocenters. The molecule has 2 aromatic carbocycles. The first kappa shape index (κ1) is 21.0. The third-order valence-electron chi connectivity index (χ3n) is 6.09. The van der Waals surface area contributed by atoms with E-state index in [2.05, 4.69) is 10.3 Å². The van der Waals surface area contributed by atoms with Crippen LogP contribution in [0, 0.1) is 0 Å². The monoisotopic (exact) mass is 443 g/mol. The van der Waals surface area contributed by atoms with E-state index in [1.165, 1.54) is 0 Å². The van der Waals surface area contributed by atoms with Crippen molar-refractivity contribution in [3.8, 4) is 11.5 Å². The predicted octanol–water partition coefficient (Wildman–Crippen LogP) is 3.82. The minimum absolute atomic E-state index is 0.0658. The molecule has 0 saturated heterocycles. The van der Waals surface area contributed by atoms with Gasteiger partial charge in [-0.05, 0) is 47.9 Å². The Hall–Kier alpha value is -3.87. The summed E-state index contributed by atoms with van der Waals surface area (Å²) in [4.78, 5) is 33.3. The number of aromatic nitrogens is 1. The van der Waals surface area contributed by atoms with Crippen LogP contribution in [0.3, 0.4) is 0 Å². The number of rotatable bonds is 6. The molecule has 0 spiro atoms. The second-order valence-corrected chi connectivity index (χ2v) is 8.16. The Morgan fingerprint density at radius 2 is 1.91 bits per heavy atom. The molecule has 7 heteroatoms. The Morgan fingerprint density at radius 3 is 2.73 bits per heavy atom. The number of benzene rings is 2. The first-order valence-electron chi connectivity index (χ1n) is 11.1. The maximum atomic E-state index is 13.7. The highest BCUT2D eigenvalue weighted by molar-refractivity contribution is 6.01. The average molecular weight is 444 g/mol. The topological polar surface area (TPSA) is 80.8 Å². The molecule has 3 heterocycles. The van der Waals surface area contributed by atoms with Crippen LogP contribution in [-0.2, 0) is 11.3 Å². The molecule has 168 valence electrons. The fourth-order valence-corrected chi connectivity index (χ4v) is 4.62. The van der Waals surface area contributed by atoms with E-state index in [0.717, 1.165) is 23.2 Å². The lowest BCUT2D eigenvalue weighted by molar-refractivity contribution is -0.124. The molecule has 1 aromatic heterocycles. The summed E-state index contributed by atoms with van der Waals surface area (Å²) in [5.41, 5.74) is 2.92. The maximum Gasteiger partial charge on any atom is 0.254 e. The van der Waals surface area contributed by atoms with E-state index in [-0.39, 0.29) is 18.6 Å². The number of nitrogens with zero attached hydrogens (tertiary/aromatic N) is 2. The first-order chi connectivity index (χ1) is 16.2. The van der Waals surface area contributed by atoms with E-state index in [1.807, 2.05) is 66.4 Å². The normalized spacial score (nSPS) is 18.7. The standard InChI is InChI=1S/C26H25N3O4/c1-2-13-29-24(17-10-11-21-22(14-17)33-16-32-21)23(19-8-3-4-9-20(19)26(29)31)25(30)28-15-18-7-5-6-12-27-18/h3-12,14,23-24H,2,13,15-16H2,1H3,(H,28,30). The van der Waals surface area contributed by atoms with Crippen molar-refractivity contribution in [2.75, 3.05) is 13.3 Å². The third kappa shape index (κ3) is 3.91. The van der Waals surface area contributed by atoms with E-state index in [0.29, 0.717) is 30.2 Å². The van der Waals surface area contributed by atoms with Crippen LogP contribution in [-0.4, -0.2) is 35.0 Å². The zero-order valence-electron chi connectivity index (χ0n) is 18.4. The second kappa shape index (κ2) is 8.94. The van der Waals surface area contributed by atoms with Gasteiger partial charge in [-0.2, -0.15) is 0 Å². The lowest BCUT2D eigenvalue weighted by Crippen LogP contribution is -2.47. The minimum Gasteiger partial charge on any atom is -0.454 e. The summed E-state index contributed by atoms with van der Waals surface area (Å²) in [6, 6.07) is 18.2. The molecule has 2 aliphatic rings.